The van der Waals surface area contributed by atoms with E-state index in [0.29, 0.717) is 30.8 Å². The topological polar surface area (TPSA) is 87.2 Å². The Bertz CT molecular complexity index is 767. The predicted molar refractivity (Wildman–Crippen MR) is 106 cm³/mol. The lowest BCUT2D eigenvalue weighted by atomic mass is 9.91. The Morgan fingerprint density at radius 1 is 1.14 bits per heavy atom. The summed E-state index contributed by atoms with van der Waals surface area (Å²) >= 11 is 0. The highest BCUT2D eigenvalue weighted by Gasteiger charge is 2.34. The second-order valence-corrected chi connectivity index (χ2v) is 8.50. The van der Waals surface area contributed by atoms with Crippen molar-refractivity contribution in [3.05, 3.63) is 34.9 Å². The summed E-state index contributed by atoms with van der Waals surface area (Å²) in [4.78, 5) is 40.4. The van der Waals surface area contributed by atoms with Gasteiger partial charge in [0, 0.05) is 31.2 Å². The lowest BCUT2D eigenvalue weighted by Gasteiger charge is -2.40. The molecule has 0 saturated carbocycles. The molecule has 1 aliphatic heterocycles. The fourth-order valence-electron chi connectivity index (χ4n) is 3.46. The molecule has 0 spiro atoms. The predicted octanol–water partition coefficient (Wildman–Crippen LogP) is 3.59. The third-order valence-electron chi connectivity index (χ3n) is 4.69. The molecule has 0 aromatic heterocycles. The van der Waals surface area contributed by atoms with Crippen LogP contribution in [0.25, 0.3) is 0 Å². The molecule has 2 rings (SSSR count). The van der Waals surface area contributed by atoms with Gasteiger partial charge in [0.1, 0.15) is 5.60 Å². The van der Waals surface area contributed by atoms with Gasteiger partial charge in [-0.1, -0.05) is 19.9 Å². The molecule has 1 fully saturated rings. The molecule has 28 heavy (non-hydrogen) atoms. The van der Waals surface area contributed by atoms with Gasteiger partial charge < -0.3 is 19.6 Å². The molecule has 0 bridgehead atoms. The fourth-order valence-corrected chi connectivity index (χ4v) is 3.46. The van der Waals surface area contributed by atoms with Gasteiger partial charge in [-0.05, 0) is 51.3 Å². The number of rotatable bonds is 3. The summed E-state index contributed by atoms with van der Waals surface area (Å²) in [6, 6.07) is 4.60. The van der Waals surface area contributed by atoms with Gasteiger partial charge in [0.15, 0.2) is 0 Å². The number of hydrogen-bond donors (Lipinski definition) is 1. The van der Waals surface area contributed by atoms with E-state index < -0.39 is 11.6 Å². The quantitative estimate of drug-likeness (QED) is 0.852. The van der Waals surface area contributed by atoms with Crippen molar-refractivity contribution in [1.29, 1.82) is 0 Å². The second kappa shape index (κ2) is 8.20. The van der Waals surface area contributed by atoms with E-state index in [1.54, 1.807) is 21.9 Å². The number of carboxylic acid groups (broad SMARTS) is 1. The zero-order chi connectivity index (χ0) is 21.2. The molecule has 1 saturated heterocycles. The van der Waals surface area contributed by atoms with Gasteiger partial charge in [0.05, 0.1) is 5.56 Å². The molecule has 1 atom stereocenters. The van der Waals surface area contributed by atoms with Crippen LogP contribution in [0, 0.1) is 0 Å². The largest absolute Gasteiger partial charge is 0.478 e. The van der Waals surface area contributed by atoms with E-state index in [-0.39, 0.29) is 29.5 Å². The summed E-state index contributed by atoms with van der Waals surface area (Å²) in [6.45, 7) is 12.2. The van der Waals surface area contributed by atoms with Crippen molar-refractivity contribution in [2.75, 3.05) is 19.6 Å². The lowest BCUT2D eigenvalue weighted by Crippen LogP contribution is -2.56. The second-order valence-electron chi connectivity index (χ2n) is 8.50. The molecular formula is C21H30N2O5. The molecule has 7 nitrogen and oxygen atoms in total. The van der Waals surface area contributed by atoms with E-state index in [9.17, 15) is 19.5 Å². The first kappa shape index (κ1) is 21.7. The number of aromatic carboxylic acids is 1. The maximum absolute atomic E-state index is 13.1. The van der Waals surface area contributed by atoms with Crippen LogP contribution in [0.15, 0.2) is 18.2 Å². The van der Waals surface area contributed by atoms with Crippen LogP contribution in [0.3, 0.4) is 0 Å². The number of piperazine rings is 1. The van der Waals surface area contributed by atoms with Gasteiger partial charge in [-0.2, -0.15) is 0 Å². The number of hydrogen-bond acceptors (Lipinski definition) is 4. The van der Waals surface area contributed by atoms with E-state index in [1.807, 2.05) is 41.5 Å². The van der Waals surface area contributed by atoms with Crippen molar-refractivity contribution in [1.82, 2.24) is 9.80 Å². The number of ether oxygens (including phenoxy) is 1. The van der Waals surface area contributed by atoms with Gasteiger partial charge in [-0.15, -0.1) is 0 Å². The molecule has 1 aromatic carbocycles. The fraction of sp³-hybridized carbons (Fsp3) is 0.571. The molecule has 154 valence electrons. The molecular weight excluding hydrogens is 360 g/mol. The van der Waals surface area contributed by atoms with Gasteiger partial charge in [0.25, 0.3) is 5.91 Å². The standard InChI is InChI=1S/C21H30N2O5/c1-13(2)17-15(8-7-9-16(17)19(25)26)18(24)22-10-11-23(14(3)12-22)20(27)28-21(4,5)6/h7-9,13-14H,10-12H2,1-6H3,(H,25,26)/t14-/m1/s1. The molecule has 1 N–H and O–H groups in total. The van der Waals surface area contributed by atoms with Gasteiger partial charge in [-0.3, -0.25) is 4.79 Å². The third-order valence-corrected chi connectivity index (χ3v) is 4.69. The maximum Gasteiger partial charge on any atom is 0.410 e. The van der Waals surface area contributed by atoms with Crippen LogP contribution in [0.1, 0.15) is 73.7 Å². The van der Waals surface area contributed by atoms with Crippen molar-refractivity contribution in [3.8, 4) is 0 Å². The van der Waals surface area contributed by atoms with Gasteiger partial charge in [-0.25, -0.2) is 9.59 Å². The highest BCUT2D eigenvalue weighted by atomic mass is 16.6. The summed E-state index contributed by atoms with van der Waals surface area (Å²) in [5.41, 5.74) is 0.532. The zero-order valence-corrected chi connectivity index (χ0v) is 17.5. The first-order chi connectivity index (χ1) is 12.9. The SMILES string of the molecule is CC(C)c1c(C(=O)O)cccc1C(=O)N1CCN(C(=O)OC(C)(C)C)[C@H](C)C1. The molecule has 2 amide bonds. The number of nitrogens with zero attached hydrogens (tertiary/aromatic N) is 2. The van der Waals surface area contributed by atoms with E-state index >= 15 is 0 Å². The number of carboxylic acids is 1. The summed E-state index contributed by atoms with van der Waals surface area (Å²) in [7, 11) is 0. The average Bonchev–Trinajstić information content (AvgIpc) is 2.58. The average molecular weight is 390 g/mol. The summed E-state index contributed by atoms with van der Waals surface area (Å²) < 4.78 is 5.44. The van der Waals surface area contributed by atoms with Crippen molar-refractivity contribution in [2.24, 2.45) is 0 Å². The smallest absolute Gasteiger partial charge is 0.410 e. The van der Waals surface area contributed by atoms with Crippen LogP contribution < -0.4 is 0 Å². The Balaban J connectivity index is 2.21. The minimum absolute atomic E-state index is 0.105. The minimum Gasteiger partial charge on any atom is -0.478 e. The summed E-state index contributed by atoms with van der Waals surface area (Å²) in [5.74, 6) is -1.35. The van der Waals surface area contributed by atoms with Crippen LogP contribution >= 0.6 is 0 Å². The zero-order valence-electron chi connectivity index (χ0n) is 17.5. The summed E-state index contributed by atoms with van der Waals surface area (Å²) in [6.07, 6.45) is -0.386. The van der Waals surface area contributed by atoms with E-state index in [0.717, 1.165) is 0 Å². The monoisotopic (exact) mass is 390 g/mol. The van der Waals surface area contributed by atoms with Gasteiger partial charge in [0.2, 0.25) is 0 Å². The summed E-state index contributed by atoms with van der Waals surface area (Å²) in [5, 5.41) is 9.48. The molecule has 0 aliphatic carbocycles. The third kappa shape index (κ3) is 4.82. The highest BCUT2D eigenvalue weighted by Crippen LogP contribution is 2.26. The number of amides is 2. The first-order valence-electron chi connectivity index (χ1n) is 9.57. The highest BCUT2D eigenvalue weighted by molar-refractivity contribution is 6.00. The Kier molecular flexibility index (Phi) is 6.37. The van der Waals surface area contributed by atoms with Crippen LogP contribution in [-0.2, 0) is 4.74 Å². The maximum atomic E-state index is 13.1. The molecule has 1 heterocycles. The number of benzene rings is 1. The van der Waals surface area contributed by atoms with Crippen LogP contribution in [0.2, 0.25) is 0 Å². The first-order valence-corrected chi connectivity index (χ1v) is 9.57. The molecule has 7 heteroatoms. The van der Waals surface area contributed by atoms with Crippen LogP contribution in [0.5, 0.6) is 0 Å². The molecule has 1 aromatic rings. The van der Waals surface area contributed by atoms with Crippen LogP contribution in [0.4, 0.5) is 4.79 Å². The normalized spacial score (nSPS) is 17.6. The van der Waals surface area contributed by atoms with Crippen molar-refractivity contribution >= 4 is 18.0 Å². The molecule has 0 radical (unpaired) electrons. The molecule has 0 unspecified atom stereocenters. The van der Waals surface area contributed by atoms with E-state index in [2.05, 4.69) is 0 Å². The Labute approximate surface area is 166 Å². The van der Waals surface area contributed by atoms with Crippen molar-refractivity contribution < 1.29 is 24.2 Å². The van der Waals surface area contributed by atoms with Crippen molar-refractivity contribution in [2.45, 2.75) is 59.1 Å². The van der Waals surface area contributed by atoms with Crippen LogP contribution in [-0.4, -0.2) is 64.2 Å². The lowest BCUT2D eigenvalue weighted by molar-refractivity contribution is 0.00194. The van der Waals surface area contributed by atoms with E-state index in [1.165, 1.54) is 6.07 Å². The van der Waals surface area contributed by atoms with Crippen molar-refractivity contribution in [3.63, 3.8) is 0 Å². The molecule has 1 aliphatic rings. The Morgan fingerprint density at radius 2 is 1.75 bits per heavy atom. The number of carbonyl (C=O) groups excluding carboxylic acids is 2. The minimum atomic E-state index is -1.04. The number of carbonyl (C=O) groups is 3. The van der Waals surface area contributed by atoms with Gasteiger partial charge >= 0.3 is 12.1 Å². The Hall–Kier alpha value is -2.57. The Morgan fingerprint density at radius 3 is 2.25 bits per heavy atom. The van der Waals surface area contributed by atoms with E-state index in [4.69, 9.17) is 4.74 Å².